The van der Waals surface area contributed by atoms with Crippen molar-refractivity contribution < 1.29 is 22.7 Å². The molecule has 1 heterocycles. The van der Waals surface area contributed by atoms with Gasteiger partial charge in [-0.25, -0.2) is 8.42 Å². The van der Waals surface area contributed by atoms with Crippen LogP contribution >= 0.6 is 0 Å². The fourth-order valence-electron chi connectivity index (χ4n) is 3.41. The molecule has 3 rings (SSSR count). The Hall–Kier alpha value is -2.74. The Kier molecular flexibility index (Phi) is 6.02. The largest absolute Gasteiger partial charge is 0.486 e. The molecule has 0 fully saturated rings. The molecular formula is C21H26N2O5S. The van der Waals surface area contributed by atoms with E-state index < -0.39 is 22.0 Å². The molecule has 0 saturated heterocycles. The lowest BCUT2D eigenvalue weighted by molar-refractivity contribution is -0.122. The molecule has 0 aliphatic carbocycles. The number of carbonyl (C=O) groups is 1. The Balaban J connectivity index is 1.70. The van der Waals surface area contributed by atoms with Crippen LogP contribution in [0.2, 0.25) is 0 Å². The number of hydrogen-bond donors (Lipinski definition) is 1. The number of nitrogens with zero attached hydrogens (tertiary/aromatic N) is 1. The number of aryl methyl sites for hydroxylation is 2. The topological polar surface area (TPSA) is 84.9 Å². The molecule has 0 radical (unpaired) electrons. The number of ether oxygens (including phenoxy) is 2. The van der Waals surface area contributed by atoms with Crippen molar-refractivity contribution in [3.63, 3.8) is 0 Å². The van der Waals surface area contributed by atoms with Crippen LogP contribution in [0.1, 0.15) is 18.1 Å². The third-order valence-corrected chi connectivity index (χ3v) is 5.86. The van der Waals surface area contributed by atoms with Gasteiger partial charge in [0.15, 0.2) is 11.5 Å². The summed E-state index contributed by atoms with van der Waals surface area (Å²) in [6, 6.07) is 11.9. The molecule has 2 aromatic rings. The number of nitrogens with one attached hydrogen (secondary N) is 1. The summed E-state index contributed by atoms with van der Waals surface area (Å²) in [6.45, 7) is 5.86. The van der Waals surface area contributed by atoms with E-state index in [9.17, 15) is 13.2 Å². The SMILES string of the molecule is Cc1cc(C)cc(N([C@H](C)C(=O)NC[C@H]2COc3ccccc3O2)S(C)(=O)=O)c1. The summed E-state index contributed by atoms with van der Waals surface area (Å²) in [5, 5.41) is 2.78. The number of hydrogen-bond acceptors (Lipinski definition) is 5. The fourth-order valence-corrected chi connectivity index (χ4v) is 4.57. The zero-order valence-corrected chi connectivity index (χ0v) is 17.8. The van der Waals surface area contributed by atoms with Gasteiger partial charge in [-0.05, 0) is 56.2 Å². The van der Waals surface area contributed by atoms with Crippen LogP contribution in [0.4, 0.5) is 5.69 Å². The lowest BCUT2D eigenvalue weighted by Crippen LogP contribution is -2.50. The van der Waals surface area contributed by atoms with Gasteiger partial charge in [0, 0.05) is 0 Å². The second-order valence-corrected chi connectivity index (χ2v) is 9.18. The fraction of sp³-hybridized carbons (Fsp3) is 0.381. The lowest BCUT2D eigenvalue weighted by Gasteiger charge is -2.30. The number of para-hydroxylation sites is 2. The molecule has 7 nitrogen and oxygen atoms in total. The first-order valence-electron chi connectivity index (χ1n) is 9.39. The summed E-state index contributed by atoms with van der Waals surface area (Å²) in [6.07, 6.45) is 0.748. The van der Waals surface area contributed by atoms with Crippen LogP contribution in [0, 0.1) is 13.8 Å². The highest BCUT2D eigenvalue weighted by atomic mass is 32.2. The minimum atomic E-state index is -3.66. The second kappa shape index (κ2) is 8.32. The van der Waals surface area contributed by atoms with E-state index in [0.717, 1.165) is 21.7 Å². The number of sulfonamides is 1. The molecule has 0 unspecified atom stereocenters. The molecule has 2 aromatic carbocycles. The molecule has 1 aliphatic heterocycles. The Labute approximate surface area is 171 Å². The van der Waals surface area contributed by atoms with Gasteiger partial charge in [-0.1, -0.05) is 18.2 Å². The maximum Gasteiger partial charge on any atom is 0.243 e. The van der Waals surface area contributed by atoms with Gasteiger partial charge in [0.1, 0.15) is 18.8 Å². The van der Waals surface area contributed by atoms with Gasteiger partial charge in [-0.2, -0.15) is 0 Å². The lowest BCUT2D eigenvalue weighted by atomic mass is 10.1. The van der Waals surface area contributed by atoms with Crippen molar-refractivity contribution in [1.82, 2.24) is 5.32 Å². The minimum absolute atomic E-state index is 0.210. The predicted molar refractivity (Wildman–Crippen MR) is 112 cm³/mol. The maximum absolute atomic E-state index is 12.7. The van der Waals surface area contributed by atoms with E-state index in [1.165, 1.54) is 0 Å². The van der Waals surface area contributed by atoms with Crippen LogP contribution in [0.25, 0.3) is 0 Å². The molecule has 156 valence electrons. The average Bonchev–Trinajstić information content (AvgIpc) is 2.64. The Morgan fingerprint density at radius 2 is 1.79 bits per heavy atom. The number of anilines is 1. The van der Waals surface area contributed by atoms with E-state index in [4.69, 9.17) is 9.47 Å². The van der Waals surface area contributed by atoms with E-state index in [1.54, 1.807) is 25.1 Å². The first-order chi connectivity index (χ1) is 13.6. The van der Waals surface area contributed by atoms with Crippen LogP contribution in [0.15, 0.2) is 42.5 Å². The van der Waals surface area contributed by atoms with E-state index in [1.807, 2.05) is 38.1 Å². The van der Waals surface area contributed by atoms with E-state index >= 15 is 0 Å². The van der Waals surface area contributed by atoms with Gasteiger partial charge >= 0.3 is 0 Å². The predicted octanol–water partition coefficient (Wildman–Crippen LogP) is 2.41. The molecule has 0 spiro atoms. The molecule has 1 N–H and O–H groups in total. The molecule has 29 heavy (non-hydrogen) atoms. The highest BCUT2D eigenvalue weighted by molar-refractivity contribution is 7.92. The molecule has 2 atom stereocenters. The summed E-state index contributed by atoms with van der Waals surface area (Å²) < 4.78 is 37.5. The van der Waals surface area contributed by atoms with Crippen molar-refractivity contribution in [2.24, 2.45) is 0 Å². The summed E-state index contributed by atoms with van der Waals surface area (Å²) >= 11 is 0. The number of carbonyl (C=O) groups excluding carboxylic acids is 1. The molecular weight excluding hydrogens is 392 g/mol. The van der Waals surface area contributed by atoms with E-state index in [2.05, 4.69) is 5.32 Å². The van der Waals surface area contributed by atoms with Gasteiger partial charge in [0.2, 0.25) is 15.9 Å². The van der Waals surface area contributed by atoms with Crippen molar-refractivity contribution >= 4 is 21.6 Å². The second-order valence-electron chi connectivity index (χ2n) is 7.32. The molecule has 1 aliphatic rings. The highest BCUT2D eigenvalue weighted by Gasteiger charge is 2.30. The van der Waals surface area contributed by atoms with Crippen LogP contribution in [-0.4, -0.2) is 45.9 Å². The third-order valence-electron chi connectivity index (χ3n) is 4.62. The summed E-state index contributed by atoms with van der Waals surface area (Å²) in [7, 11) is -3.66. The minimum Gasteiger partial charge on any atom is -0.486 e. The Morgan fingerprint density at radius 1 is 1.17 bits per heavy atom. The van der Waals surface area contributed by atoms with Crippen molar-refractivity contribution in [1.29, 1.82) is 0 Å². The van der Waals surface area contributed by atoms with Crippen molar-refractivity contribution in [2.75, 3.05) is 23.7 Å². The van der Waals surface area contributed by atoms with Gasteiger partial charge in [0.05, 0.1) is 18.5 Å². The average molecular weight is 419 g/mol. The number of benzene rings is 2. The summed E-state index contributed by atoms with van der Waals surface area (Å²) in [4.78, 5) is 12.7. The zero-order valence-electron chi connectivity index (χ0n) is 17.0. The molecule has 1 amide bonds. The normalized spacial score (nSPS) is 16.8. The highest BCUT2D eigenvalue weighted by Crippen LogP contribution is 2.30. The van der Waals surface area contributed by atoms with Gasteiger partial charge in [0.25, 0.3) is 0 Å². The quantitative estimate of drug-likeness (QED) is 0.779. The van der Waals surface area contributed by atoms with E-state index in [0.29, 0.717) is 23.8 Å². The third kappa shape index (κ3) is 5.00. The Bertz CT molecular complexity index is 986. The number of rotatable bonds is 6. The van der Waals surface area contributed by atoms with Gasteiger partial charge in [-0.3, -0.25) is 9.10 Å². The van der Waals surface area contributed by atoms with Gasteiger partial charge < -0.3 is 14.8 Å². The van der Waals surface area contributed by atoms with Crippen LogP contribution in [-0.2, 0) is 14.8 Å². The van der Waals surface area contributed by atoms with Crippen molar-refractivity contribution in [2.45, 2.75) is 32.9 Å². The number of fused-ring (bicyclic) bond motifs is 1. The first-order valence-corrected chi connectivity index (χ1v) is 11.2. The zero-order chi connectivity index (χ0) is 21.2. The van der Waals surface area contributed by atoms with Crippen molar-refractivity contribution in [3.05, 3.63) is 53.6 Å². The maximum atomic E-state index is 12.7. The van der Waals surface area contributed by atoms with Crippen LogP contribution in [0.3, 0.4) is 0 Å². The molecule has 0 aromatic heterocycles. The van der Waals surface area contributed by atoms with Gasteiger partial charge in [-0.15, -0.1) is 0 Å². The molecule has 0 saturated carbocycles. The van der Waals surface area contributed by atoms with Crippen molar-refractivity contribution in [3.8, 4) is 11.5 Å². The molecule has 0 bridgehead atoms. The number of amides is 1. The monoisotopic (exact) mass is 418 g/mol. The first kappa shape index (κ1) is 21.0. The smallest absolute Gasteiger partial charge is 0.243 e. The van der Waals surface area contributed by atoms with E-state index in [-0.39, 0.29) is 12.6 Å². The Morgan fingerprint density at radius 3 is 2.41 bits per heavy atom. The molecule has 8 heteroatoms. The van der Waals surface area contributed by atoms with Crippen LogP contribution in [0.5, 0.6) is 11.5 Å². The summed E-state index contributed by atoms with van der Waals surface area (Å²) in [5.41, 5.74) is 2.32. The summed E-state index contributed by atoms with van der Waals surface area (Å²) in [5.74, 6) is 0.887. The van der Waals surface area contributed by atoms with Crippen LogP contribution < -0.4 is 19.1 Å². The standard InChI is InChI=1S/C21H26N2O5S/c1-14-9-15(2)11-17(10-14)23(29(4,25)26)16(3)21(24)22-12-18-13-27-19-7-5-6-8-20(19)28-18/h5-11,16,18H,12-13H2,1-4H3,(H,22,24)/t16-,18+/m1/s1.